The second-order valence-electron chi connectivity index (χ2n) is 3.52. The van der Waals surface area contributed by atoms with E-state index in [-0.39, 0.29) is 0 Å². The lowest BCUT2D eigenvalue weighted by Gasteiger charge is -2.15. The highest BCUT2D eigenvalue weighted by molar-refractivity contribution is 5.86. The molecule has 1 aliphatic heterocycles. The van der Waals surface area contributed by atoms with Crippen LogP contribution in [0.2, 0.25) is 0 Å². The Kier molecular flexibility index (Phi) is 3.31. The van der Waals surface area contributed by atoms with E-state index in [1.807, 2.05) is 0 Å². The molecule has 0 spiro atoms. The predicted molar refractivity (Wildman–Crippen MR) is 47.9 cm³/mol. The first kappa shape index (κ1) is 11.9. The standard InChI is InChI=1S/C9H14O6/c1-9(2)14-5(7(10)12-3)6(15-9)8(11)13-4/h5-6H,1-4H3/t5-,6+. The first-order chi connectivity index (χ1) is 6.91. The minimum absolute atomic E-state index is 0.657. The van der Waals surface area contributed by atoms with Crippen LogP contribution < -0.4 is 0 Å². The maximum Gasteiger partial charge on any atom is 0.338 e. The Balaban J connectivity index is 2.83. The van der Waals surface area contributed by atoms with Gasteiger partial charge in [-0.25, -0.2) is 9.59 Å². The SMILES string of the molecule is COC(=O)[C@H]1OC(C)(C)O[C@H]1C(=O)OC. The predicted octanol–water partition coefficient (Wildman–Crippen LogP) is -0.148. The van der Waals surface area contributed by atoms with Crippen molar-refractivity contribution in [1.29, 1.82) is 0 Å². The van der Waals surface area contributed by atoms with Gasteiger partial charge in [0.2, 0.25) is 0 Å². The normalized spacial score (nSPS) is 28.5. The van der Waals surface area contributed by atoms with Crippen molar-refractivity contribution < 1.29 is 28.5 Å². The van der Waals surface area contributed by atoms with Gasteiger partial charge in [0.15, 0.2) is 18.0 Å². The fourth-order valence-electron chi connectivity index (χ4n) is 1.34. The van der Waals surface area contributed by atoms with Crippen LogP contribution in [0, 0.1) is 0 Å². The second kappa shape index (κ2) is 4.16. The smallest absolute Gasteiger partial charge is 0.338 e. The van der Waals surface area contributed by atoms with Gasteiger partial charge in [-0.3, -0.25) is 0 Å². The molecule has 0 aromatic rings. The van der Waals surface area contributed by atoms with Crippen LogP contribution in [0.25, 0.3) is 0 Å². The third-order valence-corrected chi connectivity index (χ3v) is 1.96. The van der Waals surface area contributed by atoms with Crippen molar-refractivity contribution >= 4 is 11.9 Å². The third kappa shape index (κ3) is 2.45. The van der Waals surface area contributed by atoms with E-state index >= 15 is 0 Å². The molecule has 0 amide bonds. The third-order valence-electron chi connectivity index (χ3n) is 1.96. The van der Waals surface area contributed by atoms with E-state index in [1.54, 1.807) is 13.8 Å². The number of carbonyl (C=O) groups is 2. The number of methoxy groups -OCH3 is 2. The number of hydrogen-bond acceptors (Lipinski definition) is 6. The Bertz CT molecular complexity index is 246. The number of rotatable bonds is 2. The minimum atomic E-state index is -1.07. The van der Waals surface area contributed by atoms with Gasteiger partial charge in [-0.05, 0) is 13.8 Å². The molecule has 0 N–H and O–H groups in total. The zero-order chi connectivity index (χ0) is 11.6. The highest BCUT2D eigenvalue weighted by Crippen LogP contribution is 2.29. The van der Waals surface area contributed by atoms with Crippen molar-refractivity contribution in [3.8, 4) is 0 Å². The topological polar surface area (TPSA) is 71.1 Å². The average Bonchev–Trinajstić information content (AvgIpc) is 2.52. The number of ether oxygens (including phenoxy) is 4. The van der Waals surface area contributed by atoms with Gasteiger partial charge in [0, 0.05) is 0 Å². The summed E-state index contributed by atoms with van der Waals surface area (Å²) in [4.78, 5) is 22.6. The monoisotopic (exact) mass is 218 g/mol. The molecule has 2 atom stereocenters. The second-order valence-corrected chi connectivity index (χ2v) is 3.52. The van der Waals surface area contributed by atoms with Gasteiger partial charge in [0.25, 0.3) is 0 Å². The van der Waals surface area contributed by atoms with Crippen molar-refractivity contribution in [1.82, 2.24) is 0 Å². The lowest BCUT2D eigenvalue weighted by molar-refractivity contribution is -0.171. The Labute approximate surface area is 87.4 Å². The van der Waals surface area contributed by atoms with E-state index in [2.05, 4.69) is 9.47 Å². The molecule has 0 radical (unpaired) electrons. The summed E-state index contributed by atoms with van der Waals surface area (Å²) in [6, 6.07) is 0. The molecule has 0 bridgehead atoms. The summed E-state index contributed by atoms with van der Waals surface area (Å²) in [7, 11) is 2.43. The van der Waals surface area contributed by atoms with Crippen LogP contribution in [0.5, 0.6) is 0 Å². The summed E-state index contributed by atoms with van der Waals surface area (Å²) >= 11 is 0. The maximum absolute atomic E-state index is 11.3. The quantitative estimate of drug-likeness (QED) is 0.600. The average molecular weight is 218 g/mol. The fourth-order valence-corrected chi connectivity index (χ4v) is 1.34. The molecule has 1 heterocycles. The van der Waals surface area contributed by atoms with Crippen molar-refractivity contribution in [3.05, 3.63) is 0 Å². The van der Waals surface area contributed by atoms with Gasteiger partial charge >= 0.3 is 11.9 Å². The van der Waals surface area contributed by atoms with Gasteiger partial charge in [0.1, 0.15) is 0 Å². The van der Waals surface area contributed by atoms with Crippen LogP contribution in [0.15, 0.2) is 0 Å². The lowest BCUT2D eigenvalue weighted by Crippen LogP contribution is -2.38. The molecule has 1 rings (SSSR count). The maximum atomic E-state index is 11.3. The van der Waals surface area contributed by atoms with E-state index in [0.29, 0.717) is 0 Å². The van der Waals surface area contributed by atoms with E-state index in [4.69, 9.17) is 9.47 Å². The Hall–Kier alpha value is -1.14. The highest BCUT2D eigenvalue weighted by atomic mass is 16.8. The summed E-state index contributed by atoms with van der Waals surface area (Å²) in [6.45, 7) is 3.21. The number of esters is 2. The molecule has 0 aromatic carbocycles. The molecule has 0 saturated carbocycles. The van der Waals surface area contributed by atoms with Crippen LogP contribution in [0.3, 0.4) is 0 Å². The summed E-state index contributed by atoms with van der Waals surface area (Å²) in [5.41, 5.74) is 0. The van der Waals surface area contributed by atoms with Crippen LogP contribution in [-0.2, 0) is 28.5 Å². The molecule has 0 unspecified atom stereocenters. The number of hydrogen-bond donors (Lipinski definition) is 0. The zero-order valence-corrected chi connectivity index (χ0v) is 9.10. The van der Waals surface area contributed by atoms with Crippen molar-refractivity contribution in [2.24, 2.45) is 0 Å². The Morgan fingerprint density at radius 3 is 1.60 bits per heavy atom. The van der Waals surface area contributed by atoms with Crippen molar-refractivity contribution in [3.63, 3.8) is 0 Å². The first-order valence-electron chi connectivity index (χ1n) is 4.42. The zero-order valence-electron chi connectivity index (χ0n) is 9.10. The van der Waals surface area contributed by atoms with Gasteiger partial charge in [0.05, 0.1) is 14.2 Å². The molecule has 86 valence electrons. The molecule has 6 nitrogen and oxygen atoms in total. The molecular weight excluding hydrogens is 204 g/mol. The van der Waals surface area contributed by atoms with E-state index in [1.165, 1.54) is 14.2 Å². The van der Waals surface area contributed by atoms with Crippen molar-refractivity contribution in [2.75, 3.05) is 14.2 Å². The molecule has 1 aliphatic rings. The first-order valence-corrected chi connectivity index (χ1v) is 4.42. The van der Waals surface area contributed by atoms with E-state index < -0.39 is 29.9 Å². The van der Waals surface area contributed by atoms with Gasteiger partial charge < -0.3 is 18.9 Å². The molecule has 0 aliphatic carbocycles. The molecule has 1 saturated heterocycles. The van der Waals surface area contributed by atoms with Gasteiger partial charge in [-0.15, -0.1) is 0 Å². The summed E-state index contributed by atoms with van der Waals surface area (Å²) in [5, 5.41) is 0. The fraction of sp³-hybridized carbons (Fsp3) is 0.778. The highest BCUT2D eigenvalue weighted by Gasteiger charge is 2.50. The van der Waals surface area contributed by atoms with Gasteiger partial charge in [-0.1, -0.05) is 0 Å². The summed E-state index contributed by atoms with van der Waals surface area (Å²) in [5.74, 6) is -2.32. The number of carbonyl (C=O) groups excluding carboxylic acids is 2. The van der Waals surface area contributed by atoms with Crippen LogP contribution in [-0.4, -0.2) is 44.2 Å². The lowest BCUT2D eigenvalue weighted by atomic mass is 10.2. The minimum Gasteiger partial charge on any atom is -0.467 e. The van der Waals surface area contributed by atoms with E-state index in [0.717, 1.165) is 0 Å². The molecule has 0 aromatic heterocycles. The Morgan fingerprint density at radius 1 is 1.00 bits per heavy atom. The van der Waals surface area contributed by atoms with Crippen LogP contribution in [0.4, 0.5) is 0 Å². The molecule has 6 heteroatoms. The molecule has 1 fully saturated rings. The molecular formula is C9H14O6. The van der Waals surface area contributed by atoms with Crippen molar-refractivity contribution in [2.45, 2.75) is 31.8 Å². The molecule has 15 heavy (non-hydrogen) atoms. The Morgan fingerprint density at radius 2 is 1.33 bits per heavy atom. The largest absolute Gasteiger partial charge is 0.467 e. The summed E-state index contributed by atoms with van der Waals surface area (Å²) in [6.07, 6.45) is -2.14. The van der Waals surface area contributed by atoms with Gasteiger partial charge in [-0.2, -0.15) is 0 Å². The summed E-state index contributed by atoms with van der Waals surface area (Å²) < 4.78 is 19.5. The van der Waals surface area contributed by atoms with E-state index in [9.17, 15) is 9.59 Å². The van der Waals surface area contributed by atoms with Crippen LogP contribution >= 0.6 is 0 Å². The van der Waals surface area contributed by atoms with Crippen LogP contribution in [0.1, 0.15) is 13.8 Å².